The molecule has 0 saturated carbocycles. The monoisotopic (exact) mass is 499 g/mol. The lowest BCUT2D eigenvalue weighted by Gasteiger charge is -2.35. The summed E-state index contributed by atoms with van der Waals surface area (Å²) in [4.78, 5) is 9.51. The Morgan fingerprint density at radius 1 is 1.19 bits per heavy atom. The molecule has 2 unspecified atom stereocenters. The van der Waals surface area contributed by atoms with Crippen molar-refractivity contribution < 1.29 is 9.47 Å². The van der Waals surface area contributed by atoms with Gasteiger partial charge in [-0.05, 0) is 40.7 Å². The van der Waals surface area contributed by atoms with Crippen LogP contribution in [-0.4, -0.2) is 101 Å². The number of guanidine groups is 1. The number of aliphatic imine (C=N–C) groups is 1. The Balaban J connectivity index is 0.00000676. The largest absolute Gasteiger partial charge is 0.385 e. The molecule has 27 heavy (non-hydrogen) atoms. The van der Waals surface area contributed by atoms with Gasteiger partial charge < -0.3 is 25.0 Å². The fourth-order valence-electron chi connectivity index (χ4n) is 3.25. The van der Waals surface area contributed by atoms with Crippen LogP contribution in [0.2, 0.25) is 0 Å². The molecule has 0 aromatic heterocycles. The lowest BCUT2D eigenvalue weighted by atomic mass is 10.2. The zero-order valence-corrected chi connectivity index (χ0v) is 20.3. The Labute approximate surface area is 183 Å². The first kappa shape index (κ1) is 26.8. The van der Waals surface area contributed by atoms with E-state index in [9.17, 15) is 0 Å². The van der Waals surface area contributed by atoms with Gasteiger partial charge in [0, 0.05) is 66.1 Å². The predicted molar refractivity (Wildman–Crippen MR) is 124 cm³/mol. The third-order valence-corrected chi connectivity index (χ3v) is 4.42. The van der Waals surface area contributed by atoms with Crippen LogP contribution in [-0.2, 0) is 9.47 Å². The van der Waals surface area contributed by atoms with Crippen LogP contribution in [0.3, 0.4) is 0 Å². The quantitative estimate of drug-likeness (QED) is 0.184. The Bertz CT molecular complexity index is 377. The van der Waals surface area contributed by atoms with E-state index in [-0.39, 0.29) is 24.0 Å². The second kappa shape index (κ2) is 16.8. The molecular formula is C19H42IN5O2. The van der Waals surface area contributed by atoms with E-state index >= 15 is 0 Å². The van der Waals surface area contributed by atoms with Gasteiger partial charge in [0.1, 0.15) is 0 Å². The highest BCUT2D eigenvalue weighted by molar-refractivity contribution is 14.0. The van der Waals surface area contributed by atoms with Crippen molar-refractivity contribution in [2.45, 2.75) is 45.8 Å². The summed E-state index contributed by atoms with van der Waals surface area (Å²) in [6.07, 6.45) is 2.82. The zero-order chi connectivity index (χ0) is 19.2. The minimum atomic E-state index is 0. The maximum Gasteiger partial charge on any atom is 0.191 e. The van der Waals surface area contributed by atoms with E-state index in [0.717, 1.165) is 77.8 Å². The Morgan fingerprint density at radius 2 is 1.89 bits per heavy atom. The normalized spacial score (nSPS) is 21.2. The van der Waals surface area contributed by atoms with E-state index in [1.807, 2.05) is 0 Å². The van der Waals surface area contributed by atoms with Crippen LogP contribution in [0.15, 0.2) is 4.99 Å². The number of ether oxygens (including phenoxy) is 2. The summed E-state index contributed by atoms with van der Waals surface area (Å²) in [5.41, 5.74) is 0. The molecule has 1 heterocycles. The predicted octanol–water partition coefficient (Wildman–Crippen LogP) is 1.63. The van der Waals surface area contributed by atoms with E-state index in [4.69, 9.17) is 14.5 Å². The molecule has 0 spiro atoms. The van der Waals surface area contributed by atoms with Crippen LogP contribution < -0.4 is 10.6 Å². The zero-order valence-electron chi connectivity index (χ0n) is 18.0. The Kier molecular flexibility index (Phi) is 16.7. The van der Waals surface area contributed by atoms with Gasteiger partial charge in [-0.1, -0.05) is 0 Å². The molecule has 2 atom stereocenters. The van der Waals surface area contributed by atoms with Gasteiger partial charge in [0.15, 0.2) is 5.96 Å². The molecule has 1 aliphatic rings. The summed E-state index contributed by atoms with van der Waals surface area (Å²) in [6.45, 7) is 15.1. The number of nitrogens with zero attached hydrogens (tertiary/aromatic N) is 3. The SMILES string of the molecule is CCNC(=NCCCN1CC(C)OC(C)C1)NCCN(C)CCCOC.I. The van der Waals surface area contributed by atoms with Crippen LogP contribution >= 0.6 is 24.0 Å². The van der Waals surface area contributed by atoms with Crippen molar-refractivity contribution in [3.8, 4) is 0 Å². The molecule has 1 fully saturated rings. The standard InChI is InChI=1S/C19H41N5O2.HI/c1-6-20-19(22-10-13-23(4)11-8-14-25-5)21-9-7-12-24-15-17(2)26-18(3)16-24;/h17-18H,6-16H2,1-5H3,(H2,20,21,22);1H. The van der Waals surface area contributed by atoms with Gasteiger partial charge in [0.05, 0.1) is 12.2 Å². The number of likely N-dealkylation sites (N-methyl/N-ethyl adjacent to an activating group) is 1. The van der Waals surface area contributed by atoms with Crippen molar-refractivity contribution in [1.29, 1.82) is 0 Å². The average molecular weight is 499 g/mol. The van der Waals surface area contributed by atoms with Crippen molar-refractivity contribution in [3.05, 3.63) is 0 Å². The van der Waals surface area contributed by atoms with Crippen molar-refractivity contribution in [2.24, 2.45) is 4.99 Å². The highest BCUT2D eigenvalue weighted by Gasteiger charge is 2.21. The van der Waals surface area contributed by atoms with Crippen LogP contribution in [0.1, 0.15) is 33.6 Å². The van der Waals surface area contributed by atoms with Crippen LogP contribution in [0, 0.1) is 0 Å². The summed E-state index contributed by atoms with van der Waals surface area (Å²) < 4.78 is 10.9. The lowest BCUT2D eigenvalue weighted by molar-refractivity contribution is -0.0679. The third kappa shape index (κ3) is 13.6. The van der Waals surface area contributed by atoms with Crippen LogP contribution in [0.4, 0.5) is 0 Å². The van der Waals surface area contributed by atoms with Crippen molar-refractivity contribution in [1.82, 2.24) is 20.4 Å². The molecule has 0 aromatic carbocycles. The van der Waals surface area contributed by atoms with Gasteiger partial charge in [0.25, 0.3) is 0 Å². The van der Waals surface area contributed by atoms with Gasteiger partial charge in [-0.2, -0.15) is 0 Å². The molecule has 2 N–H and O–H groups in total. The van der Waals surface area contributed by atoms with Gasteiger partial charge in [0.2, 0.25) is 0 Å². The molecule has 0 aromatic rings. The molecule has 162 valence electrons. The summed E-state index contributed by atoms with van der Waals surface area (Å²) in [6, 6.07) is 0. The third-order valence-electron chi connectivity index (χ3n) is 4.42. The van der Waals surface area contributed by atoms with E-state index in [0.29, 0.717) is 12.2 Å². The van der Waals surface area contributed by atoms with E-state index in [2.05, 4.69) is 48.3 Å². The van der Waals surface area contributed by atoms with E-state index < -0.39 is 0 Å². The van der Waals surface area contributed by atoms with Crippen LogP contribution in [0.5, 0.6) is 0 Å². The first-order valence-corrected chi connectivity index (χ1v) is 10.1. The van der Waals surface area contributed by atoms with Gasteiger partial charge >= 0.3 is 0 Å². The highest BCUT2D eigenvalue weighted by Crippen LogP contribution is 2.10. The number of halogens is 1. The Hall–Kier alpha value is -0.160. The molecule has 0 amide bonds. The lowest BCUT2D eigenvalue weighted by Crippen LogP contribution is -2.45. The maximum absolute atomic E-state index is 5.79. The average Bonchev–Trinajstić information content (AvgIpc) is 2.58. The smallest absolute Gasteiger partial charge is 0.191 e. The minimum absolute atomic E-state index is 0. The van der Waals surface area contributed by atoms with Gasteiger partial charge in [-0.15, -0.1) is 24.0 Å². The number of rotatable bonds is 12. The molecule has 1 saturated heterocycles. The molecule has 0 radical (unpaired) electrons. The van der Waals surface area contributed by atoms with Crippen molar-refractivity contribution in [3.63, 3.8) is 0 Å². The first-order chi connectivity index (χ1) is 12.5. The molecule has 8 heteroatoms. The summed E-state index contributed by atoms with van der Waals surface area (Å²) in [7, 11) is 3.90. The molecular weight excluding hydrogens is 457 g/mol. The van der Waals surface area contributed by atoms with Crippen molar-refractivity contribution in [2.75, 3.05) is 73.1 Å². The van der Waals surface area contributed by atoms with Gasteiger partial charge in [-0.25, -0.2) is 0 Å². The summed E-state index contributed by atoms with van der Waals surface area (Å²) in [5, 5.41) is 6.75. The second-order valence-corrected chi connectivity index (χ2v) is 7.21. The Morgan fingerprint density at radius 3 is 2.52 bits per heavy atom. The molecule has 0 aliphatic carbocycles. The number of methoxy groups -OCH3 is 1. The fourth-order valence-corrected chi connectivity index (χ4v) is 3.25. The van der Waals surface area contributed by atoms with Gasteiger partial charge in [-0.3, -0.25) is 9.89 Å². The molecule has 0 bridgehead atoms. The number of morpholine rings is 1. The minimum Gasteiger partial charge on any atom is -0.385 e. The molecule has 1 rings (SSSR count). The van der Waals surface area contributed by atoms with E-state index in [1.54, 1.807) is 7.11 Å². The maximum atomic E-state index is 5.79. The highest BCUT2D eigenvalue weighted by atomic mass is 127. The van der Waals surface area contributed by atoms with Crippen LogP contribution in [0.25, 0.3) is 0 Å². The van der Waals surface area contributed by atoms with Crippen molar-refractivity contribution >= 4 is 29.9 Å². The van der Waals surface area contributed by atoms with E-state index in [1.165, 1.54) is 0 Å². The number of hydrogen-bond donors (Lipinski definition) is 2. The molecule has 1 aliphatic heterocycles. The number of hydrogen-bond acceptors (Lipinski definition) is 5. The summed E-state index contributed by atoms with van der Waals surface area (Å²) in [5.74, 6) is 0.918. The first-order valence-electron chi connectivity index (χ1n) is 10.1. The molecule has 7 nitrogen and oxygen atoms in total. The topological polar surface area (TPSA) is 61.4 Å². The summed E-state index contributed by atoms with van der Waals surface area (Å²) >= 11 is 0. The second-order valence-electron chi connectivity index (χ2n) is 7.21. The fraction of sp³-hybridized carbons (Fsp3) is 0.947. The number of nitrogens with one attached hydrogen (secondary N) is 2.